The summed E-state index contributed by atoms with van der Waals surface area (Å²) in [5.41, 5.74) is 3.07. The maximum absolute atomic E-state index is 12.6. The third-order valence-corrected chi connectivity index (χ3v) is 4.69. The molecular formula is C20H22BrN3O3. The molecule has 1 aromatic carbocycles. The largest absolute Gasteiger partial charge is 0.467 e. The van der Waals surface area contributed by atoms with Crippen molar-refractivity contribution >= 4 is 21.8 Å². The van der Waals surface area contributed by atoms with Crippen LogP contribution in [0.15, 0.2) is 51.6 Å². The summed E-state index contributed by atoms with van der Waals surface area (Å²) >= 11 is 3.43. The van der Waals surface area contributed by atoms with Gasteiger partial charge in [-0.1, -0.05) is 15.9 Å². The molecule has 0 aliphatic carbocycles. The summed E-state index contributed by atoms with van der Waals surface area (Å²) in [6, 6.07) is 11.5. The van der Waals surface area contributed by atoms with Crippen molar-refractivity contribution in [2.75, 3.05) is 13.2 Å². The van der Waals surface area contributed by atoms with Crippen molar-refractivity contribution in [3.05, 3.63) is 69.8 Å². The lowest BCUT2D eigenvalue weighted by molar-refractivity contribution is 0.0916. The van der Waals surface area contributed by atoms with Crippen LogP contribution in [0.1, 0.15) is 33.9 Å². The molecule has 0 unspecified atom stereocenters. The summed E-state index contributed by atoms with van der Waals surface area (Å²) in [5, 5.41) is 7.47. The first-order valence-electron chi connectivity index (χ1n) is 8.76. The first-order chi connectivity index (χ1) is 13.1. The number of aromatic nitrogens is 2. The van der Waals surface area contributed by atoms with Gasteiger partial charge in [-0.3, -0.25) is 4.79 Å². The molecule has 0 spiro atoms. The van der Waals surface area contributed by atoms with Crippen molar-refractivity contribution in [2.24, 2.45) is 0 Å². The van der Waals surface area contributed by atoms with Crippen molar-refractivity contribution in [1.82, 2.24) is 15.1 Å². The van der Waals surface area contributed by atoms with Gasteiger partial charge in [0.25, 0.3) is 5.91 Å². The molecule has 7 heteroatoms. The van der Waals surface area contributed by atoms with Crippen LogP contribution in [0.4, 0.5) is 0 Å². The SMILES string of the molecule is Cc1nn(-c2ccc(Br)cc2)c(C)c1C(=O)NCCCOCc1ccco1. The van der Waals surface area contributed by atoms with Gasteiger partial charge < -0.3 is 14.5 Å². The number of rotatable bonds is 8. The minimum absolute atomic E-state index is 0.112. The Balaban J connectivity index is 1.53. The van der Waals surface area contributed by atoms with E-state index in [4.69, 9.17) is 9.15 Å². The lowest BCUT2D eigenvalue weighted by atomic mass is 10.2. The van der Waals surface area contributed by atoms with Gasteiger partial charge in [0, 0.05) is 17.6 Å². The van der Waals surface area contributed by atoms with E-state index in [0.29, 0.717) is 31.0 Å². The summed E-state index contributed by atoms with van der Waals surface area (Å²) in [6.07, 6.45) is 2.35. The van der Waals surface area contributed by atoms with Gasteiger partial charge in [0.1, 0.15) is 12.4 Å². The molecule has 1 amide bonds. The third kappa shape index (κ3) is 4.87. The van der Waals surface area contributed by atoms with Crippen LogP contribution in [-0.2, 0) is 11.3 Å². The Kier molecular flexibility index (Phi) is 6.47. The average molecular weight is 432 g/mol. The van der Waals surface area contributed by atoms with Gasteiger partial charge in [-0.05, 0) is 56.7 Å². The standard InChI is InChI=1S/C20H22BrN3O3/c1-14-19(15(2)24(23-14)17-8-6-16(21)7-9-17)20(25)22-10-4-11-26-13-18-5-3-12-27-18/h3,5-9,12H,4,10-11,13H2,1-2H3,(H,22,25). The maximum atomic E-state index is 12.6. The molecule has 0 atom stereocenters. The number of aryl methyl sites for hydroxylation is 1. The normalized spacial score (nSPS) is 10.9. The molecule has 142 valence electrons. The Labute approximate surface area is 166 Å². The summed E-state index contributed by atoms with van der Waals surface area (Å²) in [5.74, 6) is 0.685. The molecule has 0 fully saturated rings. The fraction of sp³-hybridized carbons (Fsp3) is 0.300. The van der Waals surface area contributed by atoms with Crippen molar-refractivity contribution in [2.45, 2.75) is 26.9 Å². The number of hydrogen-bond donors (Lipinski definition) is 1. The average Bonchev–Trinajstić information content (AvgIpc) is 3.26. The van der Waals surface area contributed by atoms with Crippen LogP contribution >= 0.6 is 15.9 Å². The molecule has 2 heterocycles. The minimum atomic E-state index is -0.112. The lowest BCUT2D eigenvalue weighted by Gasteiger charge is -2.07. The lowest BCUT2D eigenvalue weighted by Crippen LogP contribution is -2.26. The number of nitrogens with zero attached hydrogens (tertiary/aromatic N) is 2. The molecular weight excluding hydrogens is 410 g/mol. The van der Waals surface area contributed by atoms with Gasteiger partial charge in [-0.15, -0.1) is 0 Å². The van der Waals surface area contributed by atoms with Crippen LogP contribution in [0.5, 0.6) is 0 Å². The Hall–Kier alpha value is -2.38. The molecule has 1 N–H and O–H groups in total. The van der Waals surface area contributed by atoms with Crippen LogP contribution in [0.2, 0.25) is 0 Å². The number of amides is 1. The molecule has 3 aromatic rings. The summed E-state index contributed by atoms with van der Waals surface area (Å²) < 4.78 is 13.5. The highest BCUT2D eigenvalue weighted by atomic mass is 79.9. The van der Waals surface area contributed by atoms with E-state index in [9.17, 15) is 4.79 Å². The number of hydrogen-bond acceptors (Lipinski definition) is 4. The van der Waals surface area contributed by atoms with Crippen LogP contribution in [0.25, 0.3) is 5.69 Å². The zero-order valence-electron chi connectivity index (χ0n) is 15.4. The molecule has 3 rings (SSSR count). The van der Waals surface area contributed by atoms with Crippen LogP contribution < -0.4 is 5.32 Å². The summed E-state index contributed by atoms with van der Waals surface area (Å²) in [6.45, 7) is 5.29. The van der Waals surface area contributed by atoms with E-state index in [2.05, 4.69) is 26.3 Å². The van der Waals surface area contributed by atoms with E-state index in [-0.39, 0.29) is 5.91 Å². The molecule has 27 heavy (non-hydrogen) atoms. The predicted molar refractivity (Wildman–Crippen MR) is 106 cm³/mol. The van der Waals surface area contributed by atoms with E-state index in [1.54, 1.807) is 10.9 Å². The first kappa shape index (κ1) is 19.4. The molecule has 0 saturated carbocycles. The fourth-order valence-electron chi connectivity index (χ4n) is 2.84. The zero-order valence-corrected chi connectivity index (χ0v) is 17.0. The number of carbonyl (C=O) groups is 1. The maximum Gasteiger partial charge on any atom is 0.255 e. The number of furan rings is 1. The molecule has 0 aliphatic heterocycles. The topological polar surface area (TPSA) is 69.3 Å². The van der Waals surface area contributed by atoms with Crippen molar-refractivity contribution in [1.29, 1.82) is 0 Å². The van der Waals surface area contributed by atoms with Crippen LogP contribution in [0.3, 0.4) is 0 Å². The predicted octanol–water partition coefficient (Wildman–Crippen LogP) is 4.18. The number of carbonyl (C=O) groups excluding carboxylic acids is 1. The van der Waals surface area contributed by atoms with Gasteiger partial charge in [-0.2, -0.15) is 5.10 Å². The Morgan fingerprint density at radius 2 is 2.04 bits per heavy atom. The van der Waals surface area contributed by atoms with E-state index < -0.39 is 0 Å². The second kappa shape index (κ2) is 9.01. The number of halogens is 1. The molecule has 6 nitrogen and oxygen atoms in total. The molecule has 2 aromatic heterocycles. The molecule has 0 saturated heterocycles. The molecule has 0 bridgehead atoms. The number of benzene rings is 1. The number of ether oxygens (including phenoxy) is 1. The second-order valence-corrected chi connectivity index (χ2v) is 7.09. The first-order valence-corrected chi connectivity index (χ1v) is 9.56. The van der Waals surface area contributed by atoms with E-state index >= 15 is 0 Å². The van der Waals surface area contributed by atoms with E-state index in [0.717, 1.165) is 28.0 Å². The molecule has 0 aliphatic rings. The fourth-order valence-corrected chi connectivity index (χ4v) is 3.10. The van der Waals surface area contributed by atoms with Crippen molar-refractivity contribution in [3.8, 4) is 5.69 Å². The Morgan fingerprint density at radius 1 is 1.26 bits per heavy atom. The third-order valence-electron chi connectivity index (χ3n) is 4.17. The van der Waals surface area contributed by atoms with Gasteiger partial charge in [-0.25, -0.2) is 4.68 Å². The molecule has 0 radical (unpaired) electrons. The highest BCUT2D eigenvalue weighted by molar-refractivity contribution is 9.10. The van der Waals surface area contributed by atoms with E-state index in [1.165, 1.54) is 0 Å². The van der Waals surface area contributed by atoms with Gasteiger partial charge in [0.05, 0.1) is 28.9 Å². The van der Waals surface area contributed by atoms with Gasteiger partial charge in [0.2, 0.25) is 0 Å². The van der Waals surface area contributed by atoms with Crippen LogP contribution in [-0.4, -0.2) is 28.8 Å². The van der Waals surface area contributed by atoms with Crippen molar-refractivity contribution < 1.29 is 13.9 Å². The monoisotopic (exact) mass is 431 g/mol. The van der Waals surface area contributed by atoms with E-state index in [1.807, 2.05) is 50.2 Å². The van der Waals surface area contributed by atoms with Gasteiger partial charge >= 0.3 is 0 Å². The van der Waals surface area contributed by atoms with Crippen molar-refractivity contribution in [3.63, 3.8) is 0 Å². The summed E-state index contributed by atoms with van der Waals surface area (Å²) in [4.78, 5) is 12.6. The zero-order chi connectivity index (χ0) is 19.2. The quantitative estimate of drug-likeness (QED) is 0.543. The number of nitrogens with one attached hydrogen (secondary N) is 1. The minimum Gasteiger partial charge on any atom is -0.467 e. The van der Waals surface area contributed by atoms with Crippen LogP contribution in [0, 0.1) is 13.8 Å². The highest BCUT2D eigenvalue weighted by Gasteiger charge is 2.19. The van der Waals surface area contributed by atoms with Gasteiger partial charge in [0.15, 0.2) is 0 Å². The Morgan fingerprint density at radius 3 is 2.74 bits per heavy atom. The smallest absolute Gasteiger partial charge is 0.255 e. The second-order valence-electron chi connectivity index (χ2n) is 6.18. The summed E-state index contributed by atoms with van der Waals surface area (Å²) in [7, 11) is 0. The highest BCUT2D eigenvalue weighted by Crippen LogP contribution is 2.19. The Bertz CT molecular complexity index is 886.